The first-order valence-electron chi connectivity index (χ1n) is 7.00. The summed E-state index contributed by atoms with van der Waals surface area (Å²) in [4.78, 5) is 15.8. The van der Waals surface area contributed by atoms with Crippen LogP contribution in [0.4, 0.5) is 4.79 Å². The largest absolute Gasteiger partial charge is 0.396 e. The van der Waals surface area contributed by atoms with E-state index < -0.39 is 0 Å². The second-order valence-electron chi connectivity index (χ2n) is 5.72. The zero-order valence-electron chi connectivity index (χ0n) is 12.0. The number of amides is 2. The third kappa shape index (κ3) is 3.93. The molecule has 20 heavy (non-hydrogen) atoms. The van der Waals surface area contributed by atoms with Gasteiger partial charge in [-0.3, -0.25) is 0 Å². The molecule has 2 amide bonds. The molecular formula is C13H22N4O3. The van der Waals surface area contributed by atoms with Crippen molar-refractivity contribution < 1.29 is 14.4 Å². The Kier molecular flexibility index (Phi) is 4.59. The van der Waals surface area contributed by atoms with E-state index >= 15 is 0 Å². The number of urea groups is 1. The van der Waals surface area contributed by atoms with Crippen LogP contribution in [0.1, 0.15) is 44.3 Å². The number of aliphatic hydroxyl groups excluding tert-OH is 1. The predicted octanol–water partition coefficient (Wildman–Crippen LogP) is 0.807. The Bertz CT molecular complexity index is 454. The molecule has 0 atom stereocenters. The van der Waals surface area contributed by atoms with Crippen molar-refractivity contribution in [2.75, 3.05) is 19.7 Å². The molecule has 1 aromatic heterocycles. The van der Waals surface area contributed by atoms with Gasteiger partial charge in [0.25, 0.3) is 0 Å². The van der Waals surface area contributed by atoms with Gasteiger partial charge >= 0.3 is 6.03 Å². The normalized spacial score (nSPS) is 16.2. The summed E-state index contributed by atoms with van der Waals surface area (Å²) >= 11 is 0. The third-order valence-electron chi connectivity index (χ3n) is 3.54. The first-order valence-corrected chi connectivity index (χ1v) is 7.00. The number of nitrogens with zero attached hydrogens (tertiary/aromatic N) is 2. The van der Waals surface area contributed by atoms with E-state index in [0.29, 0.717) is 31.2 Å². The molecule has 0 aromatic carbocycles. The Hall–Kier alpha value is -1.63. The van der Waals surface area contributed by atoms with Gasteiger partial charge in [0.1, 0.15) is 0 Å². The highest BCUT2D eigenvalue weighted by Crippen LogP contribution is 2.44. The molecular weight excluding hydrogens is 260 g/mol. The van der Waals surface area contributed by atoms with Crippen LogP contribution in [0.15, 0.2) is 4.52 Å². The predicted molar refractivity (Wildman–Crippen MR) is 72.2 cm³/mol. The van der Waals surface area contributed by atoms with Crippen molar-refractivity contribution >= 4 is 6.03 Å². The number of aliphatic hydroxyl groups is 1. The maximum Gasteiger partial charge on any atom is 0.314 e. The molecule has 1 saturated carbocycles. The van der Waals surface area contributed by atoms with E-state index in [2.05, 4.69) is 20.8 Å². The highest BCUT2D eigenvalue weighted by Gasteiger charge is 2.42. The Balaban J connectivity index is 1.63. The van der Waals surface area contributed by atoms with Gasteiger partial charge in [0.05, 0.1) is 6.61 Å². The molecule has 0 aliphatic heterocycles. The maximum absolute atomic E-state index is 11.6. The van der Waals surface area contributed by atoms with Crippen molar-refractivity contribution in [2.24, 2.45) is 5.41 Å². The smallest absolute Gasteiger partial charge is 0.314 e. The summed E-state index contributed by atoms with van der Waals surface area (Å²) in [6.07, 6.45) is 2.46. The topological polar surface area (TPSA) is 100 Å². The molecule has 1 heterocycles. The average molecular weight is 282 g/mol. The molecule has 0 saturated heterocycles. The van der Waals surface area contributed by atoms with Gasteiger partial charge in [-0.1, -0.05) is 19.0 Å². The minimum atomic E-state index is -0.228. The molecule has 2 rings (SSSR count). The highest BCUT2D eigenvalue weighted by atomic mass is 16.5. The maximum atomic E-state index is 11.6. The molecule has 1 aliphatic rings. The first-order chi connectivity index (χ1) is 9.54. The van der Waals surface area contributed by atoms with Crippen LogP contribution in [-0.2, 0) is 6.42 Å². The molecule has 7 heteroatoms. The van der Waals surface area contributed by atoms with Gasteiger partial charge in [-0.05, 0) is 12.8 Å². The zero-order chi connectivity index (χ0) is 14.6. The lowest BCUT2D eigenvalue weighted by Gasteiger charge is -2.12. The van der Waals surface area contributed by atoms with Gasteiger partial charge < -0.3 is 20.3 Å². The molecule has 3 N–H and O–H groups in total. The van der Waals surface area contributed by atoms with Gasteiger partial charge in [-0.15, -0.1) is 0 Å². The summed E-state index contributed by atoms with van der Waals surface area (Å²) in [5.74, 6) is 1.45. The lowest BCUT2D eigenvalue weighted by atomic mass is 10.1. The van der Waals surface area contributed by atoms with E-state index in [4.69, 9.17) is 9.63 Å². The summed E-state index contributed by atoms with van der Waals surface area (Å²) < 4.78 is 5.08. The fraction of sp³-hybridized carbons (Fsp3) is 0.769. The summed E-state index contributed by atoms with van der Waals surface area (Å²) in [5.41, 5.74) is -0.0734. The van der Waals surface area contributed by atoms with Crippen molar-refractivity contribution in [1.29, 1.82) is 0 Å². The summed E-state index contributed by atoms with van der Waals surface area (Å²) in [5, 5.41) is 18.5. The number of hydrogen-bond acceptors (Lipinski definition) is 5. The van der Waals surface area contributed by atoms with Crippen molar-refractivity contribution in [2.45, 2.75) is 39.0 Å². The molecule has 1 aliphatic carbocycles. The van der Waals surface area contributed by atoms with Gasteiger partial charge in [-0.25, -0.2) is 4.79 Å². The number of carbonyl (C=O) groups excluding carboxylic acids is 1. The highest BCUT2D eigenvalue weighted by molar-refractivity contribution is 5.73. The fourth-order valence-electron chi connectivity index (χ4n) is 1.78. The van der Waals surface area contributed by atoms with E-state index in [1.165, 1.54) is 0 Å². The molecule has 1 aromatic rings. The number of aromatic nitrogens is 2. The van der Waals surface area contributed by atoms with E-state index in [9.17, 15) is 4.79 Å². The van der Waals surface area contributed by atoms with E-state index in [1.54, 1.807) is 0 Å². The first kappa shape index (κ1) is 14.8. The van der Waals surface area contributed by atoms with Crippen molar-refractivity contribution in [3.63, 3.8) is 0 Å². The molecule has 0 spiro atoms. The van der Waals surface area contributed by atoms with Gasteiger partial charge in [-0.2, -0.15) is 4.98 Å². The number of hydrogen-bond donors (Lipinski definition) is 3. The monoisotopic (exact) mass is 282 g/mol. The summed E-state index contributed by atoms with van der Waals surface area (Å²) in [6, 6.07) is -0.228. The molecule has 0 unspecified atom stereocenters. The van der Waals surface area contributed by atoms with Crippen molar-refractivity contribution in [1.82, 2.24) is 20.8 Å². The minimum absolute atomic E-state index is 0.0734. The molecule has 0 bridgehead atoms. The van der Waals surface area contributed by atoms with Crippen molar-refractivity contribution in [3.05, 3.63) is 11.7 Å². The molecule has 0 radical (unpaired) electrons. The van der Waals surface area contributed by atoms with Crippen LogP contribution >= 0.6 is 0 Å². The quantitative estimate of drug-likeness (QED) is 0.687. The summed E-state index contributed by atoms with van der Waals surface area (Å²) in [6.45, 7) is 5.09. The second kappa shape index (κ2) is 6.21. The molecule has 1 fully saturated rings. The Morgan fingerprint density at radius 3 is 2.75 bits per heavy atom. The van der Waals surface area contributed by atoms with Gasteiger partial charge in [0, 0.05) is 30.8 Å². The lowest BCUT2D eigenvalue weighted by molar-refractivity contribution is 0.203. The number of carbonyl (C=O) groups is 1. The SMILES string of the molecule is CC(C)c1noc(CCNC(=O)NCC2(CO)CC2)n1. The standard InChI is InChI=1S/C13H22N4O3/c1-9(2)11-16-10(20-17-11)3-6-14-12(19)15-7-13(8-18)4-5-13/h9,18H,3-8H2,1-2H3,(H2,14,15,19). The van der Waals surface area contributed by atoms with E-state index in [0.717, 1.165) is 12.8 Å². The van der Waals surface area contributed by atoms with E-state index in [1.807, 2.05) is 13.8 Å². The van der Waals surface area contributed by atoms with Crippen LogP contribution in [0.2, 0.25) is 0 Å². The molecule has 112 valence electrons. The minimum Gasteiger partial charge on any atom is -0.396 e. The van der Waals surface area contributed by atoms with Crippen LogP contribution in [0.25, 0.3) is 0 Å². The van der Waals surface area contributed by atoms with Crippen LogP contribution in [0.5, 0.6) is 0 Å². The van der Waals surface area contributed by atoms with Crippen LogP contribution < -0.4 is 10.6 Å². The van der Waals surface area contributed by atoms with Crippen molar-refractivity contribution in [3.8, 4) is 0 Å². The van der Waals surface area contributed by atoms with E-state index in [-0.39, 0.29) is 24.0 Å². The Labute approximate surface area is 118 Å². The van der Waals surface area contributed by atoms with Gasteiger partial charge in [0.2, 0.25) is 5.89 Å². The summed E-state index contributed by atoms with van der Waals surface area (Å²) in [7, 11) is 0. The third-order valence-corrected chi connectivity index (χ3v) is 3.54. The number of nitrogens with one attached hydrogen (secondary N) is 2. The second-order valence-corrected chi connectivity index (χ2v) is 5.72. The van der Waals surface area contributed by atoms with Crippen LogP contribution in [0.3, 0.4) is 0 Å². The van der Waals surface area contributed by atoms with Gasteiger partial charge in [0.15, 0.2) is 5.82 Å². The lowest BCUT2D eigenvalue weighted by Crippen LogP contribution is -2.40. The Morgan fingerprint density at radius 1 is 1.45 bits per heavy atom. The van der Waals surface area contributed by atoms with Crippen LogP contribution in [0, 0.1) is 5.41 Å². The molecule has 7 nitrogen and oxygen atoms in total. The Morgan fingerprint density at radius 2 is 2.20 bits per heavy atom. The fourth-order valence-corrected chi connectivity index (χ4v) is 1.78. The average Bonchev–Trinajstić information content (AvgIpc) is 3.06. The zero-order valence-corrected chi connectivity index (χ0v) is 12.0. The van der Waals surface area contributed by atoms with Crippen LogP contribution in [-0.4, -0.2) is 41.0 Å². The number of rotatable bonds is 7.